The normalized spacial score (nSPS) is 18.1. The van der Waals surface area contributed by atoms with E-state index in [1.807, 2.05) is 4.90 Å². The van der Waals surface area contributed by atoms with Crippen LogP contribution in [0.3, 0.4) is 0 Å². The number of likely N-dealkylation sites (tertiary alicyclic amines) is 1. The first kappa shape index (κ1) is 21.5. The summed E-state index contributed by atoms with van der Waals surface area (Å²) in [6.07, 6.45) is 0.847. The fourth-order valence-corrected chi connectivity index (χ4v) is 5.17. The number of rotatable bonds is 5. The van der Waals surface area contributed by atoms with E-state index in [2.05, 4.69) is 18.2 Å². The number of piperidine rings is 1. The molecule has 2 aliphatic rings. The molecule has 1 N–H and O–H groups in total. The van der Waals surface area contributed by atoms with Crippen LogP contribution in [0, 0.1) is 5.41 Å². The van der Waals surface area contributed by atoms with E-state index in [-0.39, 0.29) is 11.9 Å². The molecule has 1 aromatic carbocycles. The lowest BCUT2D eigenvalue weighted by Crippen LogP contribution is -2.48. The van der Waals surface area contributed by atoms with Crippen LogP contribution in [0.4, 0.5) is 4.79 Å². The van der Waals surface area contributed by atoms with E-state index in [1.54, 1.807) is 25.6 Å². The third-order valence-electron chi connectivity index (χ3n) is 5.85. The van der Waals surface area contributed by atoms with Gasteiger partial charge in [-0.05, 0) is 49.4 Å². The molecule has 158 valence electrons. The van der Waals surface area contributed by atoms with Crippen molar-refractivity contribution in [2.24, 2.45) is 5.41 Å². The summed E-state index contributed by atoms with van der Waals surface area (Å²) in [6.45, 7) is 5.74. The summed E-state index contributed by atoms with van der Waals surface area (Å²) >= 11 is 1.60. The Labute approximate surface area is 175 Å². The quantitative estimate of drug-likeness (QED) is 0.582. The summed E-state index contributed by atoms with van der Waals surface area (Å²) in [6, 6.07) is 6.29. The number of carbonyl (C=O) groups is 3. The van der Waals surface area contributed by atoms with Crippen LogP contribution >= 0.6 is 11.8 Å². The van der Waals surface area contributed by atoms with Crippen LogP contribution in [0.25, 0.3) is 0 Å². The predicted octanol–water partition coefficient (Wildman–Crippen LogP) is 3.01. The largest absolute Gasteiger partial charge is 0.466 e. The Balaban J connectivity index is 1.71. The Morgan fingerprint density at radius 3 is 2.48 bits per heavy atom. The van der Waals surface area contributed by atoms with Crippen LogP contribution in [0.1, 0.15) is 37.8 Å². The molecule has 1 fully saturated rings. The van der Waals surface area contributed by atoms with E-state index < -0.39 is 11.5 Å². The lowest BCUT2D eigenvalue weighted by Gasteiger charge is -2.38. The van der Waals surface area contributed by atoms with Crippen LogP contribution in [-0.2, 0) is 27.3 Å². The Hall–Kier alpha value is -2.22. The number of esters is 1. The molecule has 0 aliphatic carbocycles. The maximum absolute atomic E-state index is 12.7. The molecule has 0 spiro atoms. The highest BCUT2D eigenvalue weighted by molar-refractivity contribution is 7.99. The minimum atomic E-state index is -0.945. The number of carbonyl (C=O) groups excluding carboxylic acids is 2. The number of nitrogens with zero attached hydrogens (tertiary/aromatic N) is 2. The number of ether oxygens (including phenoxy) is 1. The molecule has 2 amide bonds. The van der Waals surface area contributed by atoms with Gasteiger partial charge in [0.05, 0.1) is 12.0 Å². The molecule has 1 saturated heterocycles. The van der Waals surface area contributed by atoms with Crippen molar-refractivity contribution in [2.75, 3.05) is 32.0 Å². The van der Waals surface area contributed by atoms with Crippen molar-refractivity contribution in [3.63, 3.8) is 0 Å². The second kappa shape index (κ2) is 9.07. The van der Waals surface area contributed by atoms with Crippen LogP contribution in [0.15, 0.2) is 23.1 Å². The summed E-state index contributed by atoms with van der Waals surface area (Å²) in [5.74, 6) is 0.396. The summed E-state index contributed by atoms with van der Waals surface area (Å²) in [5.41, 5.74) is 1.75. The molecule has 0 radical (unpaired) electrons. The van der Waals surface area contributed by atoms with Gasteiger partial charge in [0.15, 0.2) is 0 Å². The molecule has 0 bridgehead atoms. The third kappa shape index (κ3) is 4.86. The zero-order valence-corrected chi connectivity index (χ0v) is 17.8. The first-order chi connectivity index (χ1) is 13.8. The van der Waals surface area contributed by atoms with Gasteiger partial charge in [0.25, 0.3) is 0 Å². The molecule has 1 aromatic rings. The number of carboxylic acid groups (broad SMARTS) is 1. The molecule has 8 heteroatoms. The second-order valence-corrected chi connectivity index (χ2v) is 8.73. The lowest BCUT2D eigenvalue weighted by molar-refractivity contribution is -0.156. The standard InChI is InChI=1S/C21H28N2O5S/c1-3-28-19(25)21(7-10-22(11-8-21)20(26)27)14-29-18-5-4-16-6-9-23(15(2)24)13-17(16)12-18/h4-5,12H,3,6-11,13-14H2,1-2H3,(H,26,27). The van der Waals surface area contributed by atoms with Gasteiger partial charge in [-0.2, -0.15) is 0 Å². The number of benzene rings is 1. The van der Waals surface area contributed by atoms with Crippen LogP contribution < -0.4 is 0 Å². The molecule has 2 aliphatic heterocycles. The SMILES string of the molecule is CCOC(=O)C1(CSc2ccc3c(c2)CN(C(C)=O)CC3)CCN(C(=O)O)CC1. The van der Waals surface area contributed by atoms with Gasteiger partial charge >= 0.3 is 12.1 Å². The molecule has 3 rings (SSSR count). The fourth-order valence-electron chi connectivity index (χ4n) is 3.93. The maximum atomic E-state index is 12.7. The average molecular weight is 421 g/mol. The summed E-state index contributed by atoms with van der Waals surface area (Å²) in [5, 5.41) is 9.21. The smallest absolute Gasteiger partial charge is 0.407 e. The fraction of sp³-hybridized carbons (Fsp3) is 0.571. The molecular weight excluding hydrogens is 392 g/mol. The van der Waals surface area contributed by atoms with Crippen molar-refractivity contribution < 1.29 is 24.2 Å². The Bertz CT molecular complexity index is 789. The van der Waals surface area contributed by atoms with E-state index >= 15 is 0 Å². The summed E-state index contributed by atoms with van der Waals surface area (Å²) in [7, 11) is 0. The van der Waals surface area contributed by atoms with Gasteiger partial charge in [0.2, 0.25) is 5.91 Å². The maximum Gasteiger partial charge on any atom is 0.407 e. The first-order valence-corrected chi connectivity index (χ1v) is 11.0. The van der Waals surface area contributed by atoms with Gasteiger partial charge in [-0.15, -0.1) is 11.8 Å². The summed E-state index contributed by atoms with van der Waals surface area (Å²) in [4.78, 5) is 39.9. The monoisotopic (exact) mass is 420 g/mol. The van der Waals surface area contributed by atoms with Crippen molar-refractivity contribution >= 4 is 29.7 Å². The van der Waals surface area contributed by atoms with Gasteiger partial charge in [-0.3, -0.25) is 9.59 Å². The molecule has 0 atom stereocenters. The van der Waals surface area contributed by atoms with Gasteiger partial charge in [0, 0.05) is 43.8 Å². The molecule has 0 saturated carbocycles. The van der Waals surface area contributed by atoms with E-state index in [0.717, 1.165) is 23.4 Å². The summed E-state index contributed by atoms with van der Waals surface area (Å²) < 4.78 is 5.34. The van der Waals surface area contributed by atoms with Crippen molar-refractivity contribution in [2.45, 2.75) is 44.6 Å². The van der Waals surface area contributed by atoms with E-state index in [4.69, 9.17) is 4.74 Å². The molecule has 2 heterocycles. The number of hydrogen-bond acceptors (Lipinski definition) is 5. The average Bonchev–Trinajstić information content (AvgIpc) is 2.72. The van der Waals surface area contributed by atoms with Crippen molar-refractivity contribution in [1.82, 2.24) is 9.80 Å². The first-order valence-electron chi connectivity index (χ1n) is 10.00. The molecule has 0 unspecified atom stereocenters. The Kier molecular flexibility index (Phi) is 6.72. The van der Waals surface area contributed by atoms with Crippen LogP contribution in [-0.4, -0.2) is 64.9 Å². The highest BCUT2D eigenvalue weighted by atomic mass is 32.2. The molecule has 7 nitrogen and oxygen atoms in total. The Morgan fingerprint density at radius 1 is 1.14 bits per heavy atom. The zero-order valence-electron chi connectivity index (χ0n) is 17.0. The van der Waals surface area contributed by atoms with Crippen LogP contribution in [0.2, 0.25) is 0 Å². The van der Waals surface area contributed by atoms with Gasteiger partial charge in [-0.1, -0.05) is 6.07 Å². The van der Waals surface area contributed by atoms with Gasteiger partial charge in [-0.25, -0.2) is 4.79 Å². The number of fused-ring (bicyclic) bond motifs is 1. The minimum Gasteiger partial charge on any atom is -0.466 e. The predicted molar refractivity (Wildman–Crippen MR) is 110 cm³/mol. The van der Waals surface area contributed by atoms with Gasteiger partial charge in [0.1, 0.15) is 0 Å². The van der Waals surface area contributed by atoms with E-state index in [1.165, 1.54) is 10.5 Å². The number of amides is 2. The second-order valence-electron chi connectivity index (χ2n) is 7.68. The third-order valence-corrected chi connectivity index (χ3v) is 7.13. The number of hydrogen-bond donors (Lipinski definition) is 1. The van der Waals surface area contributed by atoms with Crippen molar-refractivity contribution in [3.05, 3.63) is 29.3 Å². The molecule has 29 heavy (non-hydrogen) atoms. The zero-order chi connectivity index (χ0) is 21.0. The molecule has 0 aromatic heterocycles. The molecular formula is C21H28N2O5S. The Morgan fingerprint density at radius 2 is 1.86 bits per heavy atom. The number of thioether (sulfide) groups is 1. The highest BCUT2D eigenvalue weighted by Gasteiger charge is 2.43. The minimum absolute atomic E-state index is 0.0835. The lowest BCUT2D eigenvalue weighted by atomic mass is 9.80. The van der Waals surface area contributed by atoms with Gasteiger partial charge < -0.3 is 19.6 Å². The van der Waals surface area contributed by atoms with Crippen molar-refractivity contribution in [3.8, 4) is 0 Å². The van der Waals surface area contributed by atoms with E-state index in [0.29, 0.717) is 44.8 Å². The van der Waals surface area contributed by atoms with Crippen molar-refractivity contribution in [1.29, 1.82) is 0 Å². The topological polar surface area (TPSA) is 87.2 Å². The highest BCUT2D eigenvalue weighted by Crippen LogP contribution is 2.39. The van der Waals surface area contributed by atoms with Crippen LogP contribution in [0.5, 0.6) is 0 Å². The van der Waals surface area contributed by atoms with E-state index in [9.17, 15) is 19.5 Å².